The van der Waals surface area contributed by atoms with Crippen LogP contribution in [-0.4, -0.2) is 19.8 Å². The maximum absolute atomic E-state index is 5.65. The van der Waals surface area contributed by atoms with Crippen molar-refractivity contribution in [3.63, 3.8) is 0 Å². The van der Waals surface area contributed by atoms with Crippen molar-refractivity contribution in [1.29, 1.82) is 0 Å². The van der Waals surface area contributed by atoms with Gasteiger partial charge in [-0.15, -0.1) is 0 Å². The first kappa shape index (κ1) is 14.6. The van der Waals surface area contributed by atoms with E-state index in [9.17, 15) is 0 Å². The molecular weight excluding hydrogens is 258 g/mol. The minimum absolute atomic E-state index is 0.401. The molecule has 0 spiro atoms. The number of fused-ring (bicyclic) bond motifs is 1. The first-order chi connectivity index (χ1) is 10.3. The van der Waals surface area contributed by atoms with E-state index in [1.54, 1.807) is 0 Å². The molecule has 1 N–H and O–H groups in total. The van der Waals surface area contributed by atoms with Gasteiger partial charge in [0.15, 0.2) is 0 Å². The smallest absolute Gasteiger partial charge is 0.0513 e. The predicted molar refractivity (Wildman–Crippen MR) is 88.6 cm³/mol. The standard InChI is InChI=1S/C19H25NO/c1-3-11-20-19(16-10-12-21-13-16)18-14(2)8-9-15-6-4-5-7-17(15)18/h4-9,16,19-20H,3,10-13H2,1-2H3. The van der Waals surface area contributed by atoms with Gasteiger partial charge in [0, 0.05) is 18.6 Å². The summed E-state index contributed by atoms with van der Waals surface area (Å²) in [6, 6.07) is 13.6. The number of aryl methyl sites for hydroxylation is 1. The summed E-state index contributed by atoms with van der Waals surface area (Å²) in [6.07, 6.45) is 2.32. The van der Waals surface area contributed by atoms with Gasteiger partial charge in [-0.1, -0.05) is 43.3 Å². The van der Waals surface area contributed by atoms with Crippen molar-refractivity contribution in [2.24, 2.45) is 5.92 Å². The molecule has 0 bridgehead atoms. The van der Waals surface area contributed by atoms with E-state index in [2.05, 4.69) is 55.6 Å². The van der Waals surface area contributed by atoms with Gasteiger partial charge in [0.25, 0.3) is 0 Å². The fourth-order valence-electron chi connectivity index (χ4n) is 3.44. The van der Waals surface area contributed by atoms with Crippen molar-refractivity contribution in [2.45, 2.75) is 32.7 Å². The monoisotopic (exact) mass is 283 g/mol. The number of nitrogens with one attached hydrogen (secondary N) is 1. The lowest BCUT2D eigenvalue weighted by molar-refractivity contribution is 0.177. The van der Waals surface area contributed by atoms with E-state index in [1.165, 1.54) is 21.9 Å². The summed E-state index contributed by atoms with van der Waals surface area (Å²) in [5.41, 5.74) is 2.85. The predicted octanol–water partition coefficient (Wildman–Crippen LogP) is 4.23. The van der Waals surface area contributed by atoms with E-state index in [1.807, 2.05) is 0 Å². The number of benzene rings is 2. The van der Waals surface area contributed by atoms with E-state index in [0.29, 0.717) is 12.0 Å². The lowest BCUT2D eigenvalue weighted by Crippen LogP contribution is -2.30. The Hall–Kier alpha value is -1.38. The van der Waals surface area contributed by atoms with Gasteiger partial charge in [0.05, 0.1) is 6.61 Å². The quantitative estimate of drug-likeness (QED) is 0.887. The number of hydrogen-bond donors (Lipinski definition) is 1. The van der Waals surface area contributed by atoms with Crippen LogP contribution in [-0.2, 0) is 4.74 Å². The summed E-state index contributed by atoms with van der Waals surface area (Å²) in [7, 11) is 0. The van der Waals surface area contributed by atoms with Crippen molar-refractivity contribution < 1.29 is 4.74 Å². The summed E-state index contributed by atoms with van der Waals surface area (Å²) >= 11 is 0. The minimum Gasteiger partial charge on any atom is -0.381 e. The fourth-order valence-corrected chi connectivity index (χ4v) is 3.44. The summed E-state index contributed by atoms with van der Waals surface area (Å²) < 4.78 is 5.65. The second kappa shape index (κ2) is 6.59. The molecule has 2 nitrogen and oxygen atoms in total. The summed E-state index contributed by atoms with van der Waals surface area (Å²) in [6.45, 7) is 7.30. The minimum atomic E-state index is 0.401. The van der Waals surface area contributed by atoms with Gasteiger partial charge in [0.1, 0.15) is 0 Å². The lowest BCUT2D eigenvalue weighted by atomic mass is 9.86. The van der Waals surface area contributed by atoms with E-state index in [-0.39, 0.29) is 0 Å². The van der Waals surface area contributed by atoms with Crippen LogP contribution in [0.3, 0.4) is 0 Å². The highest BCUT2D eigenvalue weighted by Crippen LogP contribution is 2.35. The molecule has 1 saturated heterocycles. The number of ether oxygens (including phenoxy) is 1. The van der Waals surface area contributed by atoms with Crippen molar-refractivity contribution in [1.82, 2.24) is 5.32 Å². The molecule has 1 aliphatic rings. The Bertz CT molecular complexity index is 602. The molecule has 2 heteroatoms. The Balaban J connectivity index is 2.06. The fraction of sp³-hybridized carbons (Fsp3) is 0.474. The van der Waals surface area contributed by atoms with E-state index in [0.717, 1.165) is 32.6 Å². The first-order valence-corrected chi connectivity index (χ1v) is 8.10. The lowest BCUT2D eigenvalue weighted by Gasteiger charge is -2.27. The Morgan fingerprint density at radius 1 is 1.24 bits per heavy atom. The second-order valence-corrected chi connectivity index (χ2v) is 6.07. The molecule has 0 radical (unpaired) electrons. The molecule has 112 valence electrons. The highest BCUT2D eigenvalue weighted by molar-refractivity contribution is 5.87. The Morgan fingerprint density at radius 3 is 2.86 bits per heavy atom. The zero-order valence-electron chi connectivity index (χ0n) is 13.1. The van der Waals surface area contributed by atoms with Crippen LogP contribution in [0.4, 0.5) is 0 Å². The highest BCUT2D eigenvalue weighted by Gasteiger charge is 2.28. The Labute approximate surface area is 127 Å². The highest BCUT2D eigenvalue weighted by atomic mass is 16.5. The van der Waals surface area contributed by atoms with Crippen LogP contribution in [0.5, 0.6) is 0 Å². The van der Waals surface area contributed by atoms with Gasteiger partial charge in [-0.2, -0.15) is 0 Å². The molecule has 1 fully saturated rings. The average molecular weight is 283 g/mol. The largest absolute Gasteiger partial charge is 0.381 e. The third kappa shape index (κ3) is 2.97. The van der Waals surface area contributed by atoms with Gasteiger partial charge in [0.2, 0.25) is 0 Å². The van der Waals surface area contributed by atoms with Crippen molar-refractivity contribution in [3.05, 3.63) is 47.5 Å². The maximum atomic E-state index is 5.65. The number of hydrogen-bond acceptors (Lipinski definition) is 2. The SMILES string of the molecule is CCCNC(c1c(C)ccc2ccccc12)C1CCOC1. The molecule has 2 atom stereocenters. The molecule has 1 aliphatic heterocycles. The molecule has 0 aromatic heterocycles. The summed E-state index contributed by atoms with van der Waals surface area (Å²) in [4.78, 5) is 0. The van der Waals surface area contributed by atoms with Crippen LogP contribution in [0.1, 0.15) is 36.9 Å². The Morgan fingerprint density at radius 2 is 2.10 bits per heavy atom. The van der Waals surface area contributed by atoms with E-state index in [4.69, 9.17) is 4.74 Å². The van der Waals surface area contributed by atoms with Gasteiger partial charge >= 0.3 is 0 Å². The van der Waals surface area contributed by atoms with Gasteiger partial charge in [-0.25, -0.2) is 0 Å². The van der Waals surface area contributed by atoms with Crippen LogP contribution in [0, 0.1) is 12.8 Å². The zero-order valence-corrected chi connectivity index (χ0v) is 13.1. The third-order valence-electron chi connectivity index (χ3n) is 4.55. The van der Waals surface area contributed by atoms with Gasteiger partial charge in [-0.05, 0) is 48.2 Å². The van der Waals surface area contributed by atoms with Crippen LogP contribution < -0.4 is 5.32 Å². The van der Waals surface area contributed by atoms with Crippen LogP contribution in [0.15, 0.2) is 36.4 Å². The molecular formula is C19H25NO. The van der Waals surface area contributed by atoms with Crippen LogP contribution in [0.2, 0.25) is 0 Å². The normalized spacial score (nSPS) is 20.0. The molecule has 0 saturated carbocycles. The summed E-state index contributed by atoms with van der Waals surface area (Å²) in [5.74, 6) is 0.584. The van der Waals surface area contributed by atoms with Crippen LogP contribution in [0.25, 0.3) is 10.8 Å². The topological polar surface area (TPSA) is 21.3 Å². The molecule has 2 aromatic carbocycles. The van der Waals surface area contributed by atoms with Crippen molar-refractivity contribution in [3.8, 4) is 0 Å². The zero-order chi connectivity index (χ0) is 14.7. The van der Waals surface area contributed by atoms with E-state index >= 15 is 0 Å². The molecule has 0 amide bonds. The molecule has 21 heavy (non-hydrogen) atoms. The third-order valence-corrected chi connectivity index (χ3v) is 4.55. The maximum Gasteiger partial charge on any atom is 0.0513 e. The second-order valence-electron chi connectivity index (χ2n) is 6.07. The van der Waals surface area contributed by atoms with Crippen molar-refractivity contribution in [2.75, 3.05) is 19.8 Å². The summed E-state index contributed by atoms with van der Waals surface area (Å²) in [5, 5.41) is 6.50. The Kier molecular flexibility index (Phi) is 4.57. The molecule has 2 aromatic rings. The number of rotatable bonds is 5. The molecule has 0 aliphatic carbocycles. The van der Waals surface area contributed by atoms with Gasteiger partial charge in [-0.3, -0.25) is 0 Å². The van der Waals surface area contributed by atoms with Gasteiger partial charge < -0.3 is 10.1 Å². The molecule has 2 unspecified atom stereocenters. The first-order valence-electron chi connectivity index (χ1n) is 8.10. The van der Waals surface area contributed by atoms with Crippen molar-refractivity contribution >= 4 is 10.8 Å². The van der Waals surface area contributed by atoms with E-state index < -0.39 is 0 Å². The average Bonchev–Trinajstić information content (AvgIpc) is 3.03. The molecule has 3 rings (SSSR count). The molecule has 1 heterocycles. The van der Waals surface area contributed by atoms with Crippen LogP contribution >= 0.6 is 0 Å².